The van der Waals surface area contributed by atoms with E-state index in [0.29, 0.717) is 12.8 Å². The molecule has 2 bridgehead atoms. The number of nitrogens with zero attached hydrogens (tertiary/aromatic N) is 1. The van der Waals surface area contributed by atoms with E-state index in [9.17, 15) is 14.4 Å². The summed E-state index contributed by atoms with van der Waals surface area (Å²) in [7, 11) is 0. The first kappa shape index (κ1) is 17.1. The van der Waals surface area contributed by atoms with Gasteiger partial charge < -0.3 is 0 Å². The molecule has 0 radical (unpaired) electrons. The van der Waals surface area contributed by atoms with Crippen LogP contribution in [0.1, 0.15) is 44.1 Å². The quantitative estimate of drug-likeness (QED) is 0.593. The van der Waals surface area contributed by atoms with Crippen LogP contribution in [0, 0.1) is 16.2 Å². The molecule has 3 atom stereocenters. The zero-order valence-corrected chi connectivity index (χ0v) is 15.4. The first-order valence-corrected chi connectivity index (χ1v) is 8.80. The summed E-state index contributed by atoms with van der Waals surface area (Å²) in [6.07, 6.45) is 2.77. The van der Waals surface area contributed by atoms with Gasteiger partial charge in [-0.1, -0.05) is 42.8 Å². The molecule has 2 saturated carbocycles. The molecule has 2 N–H and O–H groups in total. The number of hydrazine groups is 1. The fourth-order valence-corrected chi connectivity index (χ4v) is 5.76. The van der Waals surface area contributed by atoms with Crippen LogP contribution in [0.15, 0.2) is 24.4 Å². The fraction of sp³-hybridized carbons (Fsp3) is 0.529. The standard InChI is InChI=1S/C17H20BrN3O3/c1-15(2)16(3)7-8-17(15,11(18)12(16)22)14(24)21-20-13(23)10-6-4-5-9-19-10/h4-6,9,11H,7-8H2,1-3H3,(H,20,23)(H,21,24). The lowest BCUT2D eigenvalue weighted by molar-refractivity contribution is -0.136. The Morgan fingerprint density at radius 1 is 1.21 bits per heavy atom. The molecule has 2 amide bonds. The monoisotopic (exact) mass is 393 g/mol. The fourth-order valence-electron chi connectivity index (χ4n) is 4.24. The molecule has 128 valence electrons. The number of alkyl halides is 1. The Morgan fingerprint density at radius 2 is 1.92 bits per heavy atom. The van der Waals surface area contributed by atoms with Crippen LogP contribution in [0.4, 0.5) is 0 Å². The number of hydrogen-bond donors (Lipinski definition) is 2. The number of rotatable bonds is 2. The van der Waals surface area contributed by atoms with Crippen LogP contribution in [0.2, 0.25) is 0 Å². The molecule has 3 unspecified atom stereocenters. The summed E-state index contributed by atoms with van der Waals surface area (Å²) in [4.78, 5) is 41.1. The van der Waals surface area contributed by atoms with Crippen molar-refractivity contribution in [3.8, 4) is 0 Å². The van der Waals surface area contributed by atoms with Gasteiger partial charge in [0.1, 0.15) is 5.69 Å². The number of fused-ring (bicyclic) bond motifs is 2. The first-order valence-electron chi connectivity index (χ1n) is 7.89. The van der Waals surface area contributed by atoms with Gasteiger partial charge in [0, 0.05) is 11.6 Å². The van der Waals surface area contributed by atoms with Crippen molar-refractivity contribution >= 4 is 33.5 Å². The van der Waals surface area contributed by atoms with E-state index in [1.54, 1.807) is 18.2 Å². The van der Waals surface area contributed by atoms with E-state index in [1.165, 1.54) is 6.20 Å². The minimum Gasteiger partial charge on any atom is -0.298 e. The summed E-state index contributed by atoms with van der Waals surface area (Å²) >= 11 is 3.45. The van der Waals surface area contributed by atoms with E-state index in [1.807, 2.05) is 20.8 Å². The van der Waals surface area contributed by atoms with Gasteiger partial charge in [0.15, 0.2) is 5.78 Å². The number of pyridine rings is 1. The maximum absolute atomic E-state index is 12.9. The molecule has 0 saturated heterocycles. The molecule has 24 heavy (non-hydrogen) atoms. The van der Waals surface area contributed by atoms with Gasteiger partial charge in [-0.05, 0) is 30.4 Å². The highest BCUT2D eigenvalue weighted by Crippen LogP contribution is 2.72. The molecule has 1 aromatic rings. The van der Waals surface area contributed by atoms with Crippen LogP contribution < -0.4 is 10.9 Å². The number of halogens is 1. The molecule has 6 nitrogen and oxygen atoms in total. The number of nitrogens with one attached hydrogen (secondary N) is 2. The van der Waals surface area contributed by atoms with E-state index in [-0.39, 0.29) is 17.4 Å². The summed E-state index contributed by atoms with van der Waals surface area (Å²) < 4.78 is 0. The van der Waals surface area contributed by atoms with E-state index in [0.717, 1.165) is 0 Å². The molecule has 2 fully saturated rings. The van der Waals surface area contributed by atoms with E-state index >= 15 is 0 Å². The summed E-state index contributed by atoms with van der Waals surface area (Å²) in [6, 6.07) is 4.95. The van der Waals surface area contributed by atoms with E-state index in [4.69, 9.17) is 0 Å². The Balaban J connectivity index is 1.80. The second-order valence-corrected chi connectivity index (χ2v) is 8.19. The van der Waals surface area contributed by atoms with Gasteiger partial charge >= 0.3 is 0 Å². The normalized spacial score (nSPS) is 33.3. The average molecular weight is 394 g/mol. The van der Waals surface area contributed by atoms with Crippen molar-refractivity contribution < 1.29 is 14.4 Å². The lowest BCUT2D eigenvalue weighted by atomic mass is 9.64. The van der Waals surface area contributed by atoms with Gasteiger partial charge in [0.25, 0.3) is 5.91 Å². The van der Waals surface area contributed by atoms with Crippen LogP contribution in [-0.2, 0) is 9.59 Å². The van der Waals surface area contributed by atoms with Crippen molar-refractivity contribution in [3.05, 3.63) is 30.1 Å². The summed E-state index contributed by atoms with van der Waals surface area (Å²) in [6.45, 7) is 5.84. The number of carbonyl (C=O) groups is 3. The predicted molar refractivity (Wildman–Crippen MR) is 91.1 cm³/mol. The Morgan fingerprint density at radius 3 is 2.46 bits per heavy atom. The number of aromatic nitrogens is 1. The molecule has 3 rings (SSSR count). The van der Waals surface area contributed by atoms with Gasteiger partial charge in [-0.25, -0.2) is 0 Å². The average Bonchev–Trinajstić information content (AvgIpc) is 2.85. The maximum atomic E-state index is 12.9. The summed E-state index contributed by atoms with van der Waals surface area (Å²) in [5.74, 6) is -0.771. The molecular weight excluding hydrogens is 374 g/mol. The van der Waals surface area contributed by atoms with Gasteiger partial charge in [0.05, 0.1) is 10.2 Å². The Bertz CT molecular complexity index is 721. The third kappa shape index (κ3) is 1.93. The Labute approximate surface area is 148 Å². The lowest BCUT2D eigenvalue weighted by Gasteiger charge is -2.39. The topological polar surface area (TPSA) is 88.2 Å². The van der Waals surface area contributed by atoms with Crippen LogP contribution in [0.5, 0.6) is 0 Å². The van der Waals surface area contributed by atoms with Gasteiger partial charge in [-0.15, -0.1) is 0 Å². The van der Waals surface area contributed by atoms with Crippen molar-refractivity contribution in [2.24, 2.45) is 16.2 Å². The highest BCUT2D eigenvalue weighted by molar-refractivity contribution is 9.10. The molecular formula is C17H20BrN3O3. The second kappa shape index (κ2) is 5.37. The number of hydrogen-bond acceptors (Lipinski definition) is 4. The third-order valence-electron chi connectivity index (χ3n) is 6.31. The maximum Gasteiger partial charge on any atom is 0.288 e. The van der Waals surface area contributed by atoms with Crippen LogP contribution in [0.3, 0.4) is 0 Å². The van der Waals surface area contributed by atoms with Crippen molar-refractivity contribution in [1.29, 1.82) is 0 Å². The van der Waals surface area contributed by atoms with E-state index < -0.39 is 27.0 Å². The molecule has 1 heterocycles. The Hall–Kier alpha value is -1.76. The highest BCUT2D eigenvalue weighted by atomic mass is 79.9. The van der Waals surface area contributed by atoms with Crippen molar-refractivity contribution in [1.82, 2.24) is 15.8 Å². The largest absolute Gasteiger partial charge is 0.298 e. The molecule has 0 aromatic carbocycles. The molecule has 1 aromatic heterocycles. The van der Waals surface area contributed by atoms with Crippen molar-refractivity contribution in [2.75, 3.05) is 0 Å². The van der Waals surface area contributed by atoms with Crippen LogP contribution in [0.25, 0.3) is 0 Å². The summed E-state index contributed by atoms with van der Waals surface area (Å²) in [5, 5.41) is 0. The van der Waals surface area contributed by atoms with Crippen LogP contribution >= 0.6 is 15.9 Å². The van der Waals surface area contributed by atoms with E-state index in [2.05, 4.69) is 31.8 Å². The van der Waals surface area contributed by atoms with Gasteiger partial charge in [-0.3, -0.25) is 30.2 Å². The molecule has 0 aliphatic heterocycles. The lowest BCUT2D eigenvalue weighted by Crippen LogP contribution is -2.55. The minimum absolute atomic E-state index is 0.0601. The third-order valence-corrected chi connectivity index (χ3v) is 7.51. The minimum atomic E-state index is -0.879. The zero-order valence-electron chi connectivity index (χ0n) is 13.9. The summed E-state index contributed by atoms with van der Waals surface area (Å²) in [5.41, 5.74) is 3.20. The number of ketones is 1. The van der Waals surface area contributed by atoms with Crippen molar-refractivity contribution in [2.45, 2.75) is 38.4 Å². The SMILES string of the molecule is CC12CCC(C(=O)NNC(=O)c3ccccn3)(C(Br)C1=O)C2(C)C. The first-order chi connectivity index (χ1) is 11.2. The van der Waals surface area contributed by atoms with Crippen molar-refractivity contribution in [3.63, 3.8) is 0 Å². The predicted octanol–water partition coefficient (Wildman–Crippen LogP) is 2.00. The zero-order chi connectivity index (χ0) is 17.8. The number of amides is 2. The van der Waals surface area contributed by atoms with Gasteiger partial charge in [0.2, 0.25) is 5.91 Å². The van der Waals surface area contributed by atoms with Gasteiger partial charge in [-0.2, -0.15) is 0 Å². The highest BCUT2D eigenvalue weighted by Gasteiger charge is 2.76. The number of Topliss-reactive ketones (excluding diaryl/α,β-unsaturated/α-hetero) is 1. The molecule has 2 aliphatic rings. The second-order valence-electron chi connectivity index (χ2n) is 7.28. The smallest absolute Gasteiger partial charge is 0.288 e. The van der Waals surface area contributed by atoms with Crippen LogP contribution in [-0.4, -0.2) is 27.4 Å². The molecule has 0 spiro atoms. The molecule has 7 heteroatoms. The Kier molecular flexibility index (Phi) is 3.82. The molecule has 2 aliphatic carbocycles. The number of carbonyl (C=O) groups excluding carboxylic acids is 3.